The summed E-state index contributed by atoms with van der Waals surface area (Å²) in [6.45, 7) is 5.93. The van der Waals surface area contributed by atoms with Crippen molar-refractivity contribution in [1.29, 1.82) is 0 Å². The second kappa shape index (κ2) is 6.49. The van der Waals surface area contributed by atoms with Crippen molar-refractivity contribution >= 4 is 23.3 Å². The van der Waals surface area contributed by atoms with Gasteiger partial charge in [-0.25, -0.2) is 14.6 Å². The number of hydrogen-bond acceptors (Lipinski definition) is 5. The van der Waals surface area contributed by atoms with Crippen LogP contribution in [0.5, 0.6) is 0 Å². The molecular formula is C12H17NO4S. The van der Waals surface area contributed by atoms with E-state index in [2.05, 4.69) is 4.98 Å². The van der Waals surface area contributed by atoms with E-state index in [0.29, 0.717) is 4.88 Å². The van der Waals surface area contributed by atoms with Gasteiger partial charge in [-0.3, -0.25) is 0 Å². The van der Waals surface area contributed by atoms with Gasteiger partial charge in [-0.15, -0.1) is 11.3 Å². The lowest BCUT2D eigenvalue weighted by Gasteiger charge is -2.09. The molecule has 0 bridgehead atoms. The molecule has 0 aliphatic heterocycles. The second-order valence-electron chi connectivity index (χ2n) is 3.77. The Kier molecular flexibility index (Phi) is 5.27. The fourth-order valence-corrected chi connectivity index (χ4v) is 2.92. The van der Waals surface area contributed by atoms with E-state index in [1.807, 2.05) is 13.8 Å². The van der Waals surface area contributed by atoms with Crippen molar-refractivity contribution < 1.29 is 19.4 Å². The molecule has 1 aromatic heterocycles. The second-order valence-corrected chi connectivity index (χ2v) is 4.80. The number of thiazole rings is 1. The highest BCUT2D eigenvalue weighted by atomic mass is 32.1. The molecule has 5 nitrogen and oxygen atoms in total. The third-order valence-electron chi connectivity index (χ3n) is 2.66. The first-order valence-electron chi connectivity index (χ1n) is 5.96. The number of hydrogen-bond donors (Lipinski definition) is 1. The number of esters is 1. The third kappa shape index (κ3) is 3.07. The molecule has 0 aliphatic carbocycles. The molecule has 0 spiro atoms. The maximum Gasteiger partial charge on any atom is 0.367 e. The maximum atomic E-state index is 11.6. The summed E-state index contributed by atoms with van der Waals surface area (Å²) in [5, 5.41) is 9.24. The van der Waals surface area contributed by atoms with Crippen LogP contribution in [0.3, 0.4) is 0 Å². The van der Waals surface area contributed by atoms with Gasteiger partial charge in [0, 0.05) is 4.88 Å². The Morgan fingerprint density at radius 2 is 1.94 bits per heavy atom. The van der Waals surface area contributed by atoms with Gasteiger partial charge >= 0.3 is 11.9 Å². The van der Waals surface area contributed by atoms with Crippen LogP contribution in [0.25, 0.3) is 0 Å². The largest absolute Gasteiger partial charge is 0.476 e. The minimum absolute atomic E-state index is 0.0169. The summed E-state index contributed by atoms with van der Waals surface area (Å²) in [4.78, 5) is 27.3. The van der Waals surface area contributed by atoms with Gasteiger partial charge in [-0.1, -0.05) is 13.8 Å². The lowest BCUT2D eigenvalue weighted by atomic mass is 10.0. The molecule has 1 heterocycles. The number of carboxylic acid groups (broad SMARTS) is 1. The topological polar surface area (TPSA) is 76.5 Å². The highest BCUT2D eigenvalue weighted by Gasteiger charge is 2.25. The molecule has 0 saturated carbocycles. The molecule has 0 unspecified atom stereocenters. The molecule has 0 atom stereocenters. The zero-order valence-electron chi connectivity index (χ0n) is 10.7. The van der Waals surface area contributed by atoms with Crippen LogP contribution in [0, 0.1) is 0 Å². The fraction of sp³-hybridized carbons (Fsp3) is 0.583. The molecule has 0 fully saturated rings. The molecule has 1 aromatic rings. The van der Waals surface area contributed by atoms with Gasteiger partial charge in [0.15, 0.2) is 5.69 Å². The number of aromatic nitrogens is 1. The molecule has 100 valence electrons. The van der Waals surface area contributed by atoms with Crippen LogP contribution in [0.4, 0.5) is 0 Å². The predicted octanol–water partition coefficient (Wildman–Crippen LogP) is 2.92. The van der Waals surface area contributed by atoms with Crippen molar-refractivity contribution in [2.75, 3.05) is 6.61 Å². The van der Waals surface area contributed by atoms with Crippen LogP contribution in [0.1, 0.15) is 64.7 Å². The van der Waals surface area contributed by atoms with Gasteiger partial charge in [0.2, 0.25) is 5.01 Å². The van der Waals surface area contributed by atoms with Crippen molar-refractivity contribution in [3.05, 3.63) is 15.6 Å². The smallest absolute Gasteiger partial charge is 0.367 e. The third-order valence-corrected chi connectivity index (χ3v) is 3.86. The van der Waals surface area contributed by atoms with Gasteiger partial charge in [0.25, 0.3) is 0 Å². The minimum Gasteiger partial charge on any atom is -0.476 e. The number of nitrogens with zero attached hydrogens (tertiary/aromatic N) is 1. The molecular weight excluding hydrogens is 254 g/mol. The number of aromatic carboxylic acids is 1. The number of rotatable bonds is 6. The highest BCUT2D eigenvalue weighted by molar-refractivity contribution is 7.13. The summed E-state index contributed by atoms with van der Waals surface area (Å²) in [5.74, 6) is -1.53. The summed E-state index contributed by atoms with van der Waals surface area (Å²) in [6.07, 6.45) is 1.64. The molecule has 0 aromatic carbocycles. The molecule has 1 rings (SSSR count). The SMILES string of the molecule is CCOC(=O)c1nc(C(=O)O)c(C(CC)CC)s1. The Balaban J connectivity index is 3.16. The van der Waals surface area contributed by atoms with E-state index in [1.165, 1.54) is 0 Å². The van der Waals surface area contributed by atoms with Crippen LogP contribution in [0.2, 0.25) is 0 Å². The van der Waals surface area contributed by atoms with Crippen molar-refractivity contribution in [3.8, 4) is 0 Å². The average Bonchev–Trinajstić information content (AvgIpc) is 2.76. The first kappa shape index (κ1) is 14.6. The summed E-state index contributed by atoms with van der Waals surface area (Å²) in [6, 6.07) is 0. The Hall–Kier alpha value is -1.43. The van der Waals surface area contributed by atoms with E-state index in [9.17, 15) is 9.59 Å². The van der Waals surface area contributed by atoms with Gasteiger partial charge in [-0.05, 0) is 25.7 Å². The van der Waals surface area contributed by atoms with Crippen LogP contribution < -0.4 is 0 Å². The van der Waals surface area contributed by atoms with Crippen molar-refractivity contribution in [2.24, 2.45) is 0 Å². The number of carbonyl (C=O) groups is 2. The number of carboxylic acids is 1. The normalized spacial score (nSPS) is 10.7. The van der Waals surface area contributed by atoms with Gasteiger partial charge in [0.05, 0.1) is 6.61 Å². The molecule has 0 amide bonds. The first-order valence-corrected chi connectivity index (χ1v) is 6.77. The Bertz CT molecular complexity index is 437. The minimum atomic E-state index is -1.09. The average molecular weight is 271 g/mol. The van der Waals surface area contributed by atoms with Crippen molar-refractivity contribution in [1.82, 2.24) is 4.98 Å². The van der Waals surface area contributed by atoms with Gasteiger partial charge in [-0.2, -0.15) is 0 Å². The van der Waals surface area contributed by atoms with E-state index < -0.39 is 11.9 Å². The summed E-state index contributed by atoms with van der Waals surface area (Å²) >= 11 is 1.13. The first-order chi connectivity index (χ1) is 8.54. The van der Waals surface area contributed by atoms with Gasteiger partial charge in [0.1, 0.15) is 0 Å². The standard InChI is InChI=1S/C12H17NO4S/c1-4-7(5-2)9-8(11(14)15)13-10(18-9)12(16)17-6-3/h7H,4-6H2,1-3H3,(H,14,15). The Labute approximate surface area is 110 Å². The van der Waals surface area contributed by atoms with E-state index in [1.54, 1.807) is 6.92 Å². The summed E-state index contributed by atoms with van der Waals surface area (Å²) in [7, 11) is 0. The monoisotopic (exact) mass is 271 g/mol. The van der Waals surface area contributed by atoms with Crippen molar-refractivity contribution in [3.63, 3.8) is 0 Å². The Morgan fingerprint density at radius 1 is 1.33 bits per heavy atom. The molecule has 0 saturated heterocycles. The molecule has 0 radical (unpaired) electrons. The lowest BCUT2D eigenvalue weighted by molar-refractivity contribution is 0.0526. The van der Waals surface area contributed by atoms with Crippen LogP contribution in [0.15, 0.2) is 0 Å². The summed E-state index contributed by atoms with van der Waals surface area (Å²) < 4.78 is 4.84. The maximum absolute atomic E-state index is 11.6. The zero-order chi connectivity index (χ0) is 13.7. The summed E-state index contributed by atoms with van der Waals surface area (Å²) in [5.41, 5.74) is -0.0169. The van der Waals surface area contributed by atoms with E-state index >= 15 is 0 Å². The molecule has 6 heteroatoms. The van der Waals surface area contributed by atoms with E-state index in [0.717, 1.165) is 24.2 Å². The van der Waals surface area contributed by atoms with Crippen molar-refractivity contribution in [2.45, 2.75) is 39.5 Å². The molecule has 0 aliphatic rings. The number of ether oxygens (including phenoxy) is 1. The fourth-order valence-electron chi connectivity index (χ4n) is 1.70. The highest BCUT2D eigenvalue weighted by Crippen LogP contribution is 2.32. The zero-order valence-corrected chi connectivity index (χ0v) is 11.5. The van der Waals surface area contributed by atoms with Crippen LogP contribution in [-0.2, 0) is 4.74 Å². The molecule has 1 N–H and O–H groups in total. The quantitative estimate of drug-likeness (QED) is 0.805. The lowest BCUT2D eigenvalue weighted by Crippen LogP contribution is -2.06. The van der Waals surface area contributed by atoms with Crippen LogP contribution in [-0.4, -0.2) is 28.6 Å². The van der Waals surface area contributed by atoms with Gasteiger partial charge < -0.3 is 9.84 Å². The number of carbonyl (C=O) groups excluding carboxylic acids is 1. The van der Waals surface area contributed by atoms with E-state index in [4.69, 9.17) is 9.84 Å². The predicted molar refractivity (Wildman–Crippen MR) is 68.4 cm³/mol. The van der Waals surface area contributed by atoms with Crippen LogP contribution >= 0.6 is 11.3 Å². The molecule has 18 heavy (non-hydrogen) atoms. The Morgan fingerprint density at radius 3 is 2.39 bits per heavy atom. The van der Waals surface area contributed by atoms with E-state index in [-0.39, 0.29) is 23.2 Å².